The average molecular weight is 1580 g/mol. The maximum Gasteiger partial charge on any atom is 0.411 e. The Morgan fingerprint density at radius 2 is 0.870 bits per heavy atom. The third-order valence-corrected chi connectivity index (χ3v) is 26.8. The number of Topliss-reactive ketones (excluding diaryl/α,β-unsaturated/α-hetero) is 2. The zero-order valence-electron chi connectivity index (χ0n) is 71.4. The van der Waals surface area contributed by atoms with Gasteiger partial charge < -0.3 is 66.6 Å². The van der Waals surface area contributed by atoms with E-state index in [9.17, 15) is 28.8 Å². The van der Waals surface area contributed by atoms with Crippen molar-refractivity contribution in [1.82, 2.24) is 19.6 Å². The molecule has 108 heavy (non-hydrogen) atoms. The highest BCUT2D eigenvalue weighted by Gasteiger charge is 2.69. The monoisotopic (exact) mass is 1580 g/mol. The molecule has 4 bridgehead atoms. The predicted molar refractivity (Wildman–Crippen MR) is 418 cm³/mol. The number of terminal acetylenes is 1. The molecule has 24 atom stereocenters. The number of alkyl halides is 1. The van der Waals surface area contributed by atoms with E-state index in [2.05, 4.69) is 71.2 Å². The van der Waals surface area contributed by atoms with Gasteiger partial charge in [0.2, 0.25) is 0 Å². The van der Waals surface area contributed by atoms with Gasteiger partial charge >= 0.3 is 24.1 Å². The average Bonchev–Trinajstić information content (AvgIpc) is 1.55. The zero-order chi connectivity index (χ0) is 81.9. The topological polar surface area (TPSA) is 251 Å². The number of amides is 2. The van der Waals surface area contributed by atoms with Crippen molar-refractivity contribution in [3.8, 4) is 24.2 Å². The van der Waals surface area contributed by atoms with Crippen LogP contribution >= 0.6 is 15.9 Å². The third kappa shape index (κ3) is 16.7. The fourth-order valence-electron chi connectivity index (χ4n) is 19.1. The zero-order valence-corrected chi connectivity index (χ0v) is 73.0. The van der Waals surface area contributed by atoms with Crippen molar-refractivity contribution in [2.75, 3.05) is 61.0 Å². The Bertz CT molecular complexity index is 3450. The summed E-state index contributed by atoms with van der Waals surface area (Å²) < 4.78 is 77.9. The Labute approximate surface area is 655 Å². The van der Waals surface area contributed by atoms with Gasteiger partial charge in [0.1, 0.15) is 48.5 Å². The fraction of sp³-hybridized carbons (Fsp3) is 0.855. The van der Waals surface area contributed by atoms with E-state index in [0.29, 0.717) is 31.0 Å². The Morgan fingerprint density at radius 3 is 1.18 bits per heavy atom. The first-order valence-electron chi connectivity index (χ1n) is 39.2. The number of carbonyl (C=O) groups is 6. The van der Waals surface area contributed by atoms with Crippen molar-refractivity contribution in [3.63, 3.8) is 0 Å². The lowest BCUT2D eigenvalue weighted by atomic mass is 9.71. The van der Waals surface area contributed by atoms with Crippen molar-refractivity contribution < 1.29 is 85.6 Å². The van der Waals surface area contributed by atoms with Crippen molar-refractivity contribution in [1.29, 1.82) is 0 Å². The molecule has 0 N–H and O–H groups in total. The number of hydrogen-bond acceptors (Lipinski definition) is 22. The molecule has 0 aromatic heterocycles. The van der Waals surface area contributed by atoms with Crippen LogP contribution in [0.3, 0.4) is 0 Å². The Kier molecular flexibility index (Phi) is 28.0. The lowest BCUT2D eigenvalue weighted by molar-refractivity contribution is -0.300. The first-order chi connectivity index (χ1) is 49.7. The number of ether oxygens (including phenoxy) is 12. The number of hydrogen-bond donors (Lipinski definition) is 0. The van der Waals surface area contributed by atoms with Crippen LogP contribution in [0, 0.1) is 70.5 Å². The number of rotatable bonds is 14. The van der Waals surface area contributed by atoms with E-state index in [1.807, 2.05) is 144 Å². The van der Waals surface area contributed by atoms with Gasteiger partial charge in [-0.25, -0.2) is 9.59 Å². The van der Waals surface area contributed by atoms with Crippen molar-refractivity contribution >= 4 is 63.0 Å². The molecule has 6 saturated heterocycles. The van der Waals surface area contributed by atoms with Gasteiger partial charge in [-0.15, -0.1) is 6.42 Å². The highest BCUT2D eigenvalue weighted by Crippen LogP contribution is 2.54. The molecule has 25 heteroatoms. The summed E-state index contributed by atoms with van der Waals surface area (Å²) in [5, 5.41) is 0.471. The molecule has 0 radical (unpaired) electrons. The number of likely N-dealkylation sites (N-methyl/N-ethyl adjacent to an activating group) is 2. The Hall–Kier alpha value is -4.64. The number of ketones is 2. The number of halogens is 1. The second kappa shape index (κ2) is 33.4. The van der Waals surface area contributed by atoms with E-state index in [4.69, 9.17) is 73.3 Å². The number of methoxy groups -OCH3 is 2. The minimum Gasteiger partial charge on any atom is -0.457 e. The molecule has 6 fully saturated rings. The lowest BCUT2D eigenvalue weighted by Crippen LogP contribution is -2.64. The molecule has 0 unspecified atom stereocenters. The second-order valence-electron chi connectivity index (χ2n) is 36.6. The number of nitrogens with zero attached hydrogens (tertiary/aromatic N) is 6. The van der Waals surface area contributed by atoms with Gasteiger partial charge in [0.05, 0.1) is 75.2 Å². The minimum atomic E-state index is -1.62. The van der Waals surface area contributed by atoms with E-state index in [-0.39, 0.29) is 67.0 Å². The van der Waals surface area contributed by atoms with Crippen LogP contribution in [0.4, 0.5) is 9.59 Å². The Morgan fingerprint density at radius 1 is 0.528 bits per heavy atom. The summed E-state index contributed by atoms with van der Waals surface area (Å²) in [7, 11) is 11.2. The summed E-state index contributed by atoms with van der Waals surface area (Å²) in [5.74, 6) is 3.58. The van der Waals surface area contributed by atoms with Gasteiger partial charge in [-0.3, -0.25) is 39.0 Å². The van der Waals surface area contributed by atoms with Crippen LogP contribution in [0.15, 0.2) is 9.98 Å². The summed E-state index contributed by atoms with van der Waals surface area (Å²) in [6.07, 6.45) is 1.06. The summed E-state index contributed by atoms with van der Waals surface area (Å²) >= 11 is 3.39. The first-order valence-corrected chi connectivity index (χ1v) is 40.3. The molecular weight excluding hydrogens is 1450 g/mol. The summed E-state index contributed by atoms with van der Waals surface area (Å²) in [6, 6.07) is -1.17. The quantitative estimate of drug-likeness (QED) is 0.0515. The molecule has 8 rings (SSSR count). The lowest BCUT2D eigenvalue weighted by Gasteiger charge is -2.49. The van der Waals surface area contributed by atoms with E-state index >= 15 is 0 Å². The second-order valence-corrected chi connectivity index (χ2v) is 37.1. The first kappa shape index (κ1) is 90.6. The number of fused-ring (bicyclic) bond motifs is 2. The van der Waals surface area contributed by atoms with E-state index in [1.165, 1.54) is 0 Å². The maximum atomic E-state index is 14.9. The van der Waals surface area contributed by atoms with Gasteiger partial charge in [-0.05, 0) is 203 Å². The largest absolute Gasteiger partial charge is 0.457 e. The fourth-order valence-corrected chi connectivity index (χ4v) is 19.3. The smallest absolute Gasteiger partial charge is 0.411 e. The van der Waals surface area contributed by atoms with E-state index < -0.39 is 158 Å². The minimum absolute atomic E-state index is 0.0306. The van der Waals surface area contributed by atoms with Crippen molar-refractivity contribution in [3.05, 3.63) is 0 Å². The summed E-state index contributed by atoms with van der Waals surface area (Å²) in [5.41, 5.74) is -9.50. The van der Waals surface area contributed by atoms with Crippen LogP contribution in [0.5, 0.6) is 0 Å². The molecule has 0 spiro atoms. The van der Waals surface area contributed by atoms with Gasteiger partial charge in [-0.1, -0.05) is 89.1 Å². The third-order valence-electron chi connectivity index (χ3n) is 26.5. The van der Waals surface area contributed by atoms with Crippen LogP contribution in [0.25, 0.3) is 0 Å². The maximum absolute atomic E-state index is 14.9. The van der Waals surface area contributed by atoms with Crippen molar-refractivity contribution in [2.24, 2.45) is 56.3 Å². The molecule has 0 aliphatic carbocycles. The van der Waals surface area contributed by atoms with Gasteiger partial charge in [0.25, 0.3) is 0 Å². The Balaban J connectivity index is 0.000000301. The van der Waals surface area contributed by atoms with Crippen LogP contribution in [0.1, 0.15) is 219 Å². The van der Waals surface area contributed by atoms with Crippen LogP contribution in [-0.2, 0) is 76.0 Å². The molecule has 612 valence electrons. The molecule has 8 aliphatic heterocycles. The standard InChI is InChI=1S/C42H68BrN3O9.C41H67N3O9/c1-17-29-42(13)32-26(4)30(44-39(8,9)40(10,11)46(32)37(49)55-42)24(2)23-41(12,51-21-19-18-20-43)34(27(5)33(47)38(6,7)36(48)53-29)54-35-31(50-16)28(45(14)15)22-25(3)52-35;1-18-20-49-40(13)22-23(3)29-25(5)31-41(14,53-36(47)44(31)39(11,12)38(9,10)42-29)28(19-2)51-35(46)37(7,8)32(45)26(6)33(40)52-34-30(48-17)27(43(15)16)21-24(4)50-34/h24-29,31-32,34-35H,17,20-23H2,1-16H3;1,23-28,30-31,33-34H,19-22H2,2-17H3/t24-,25-,26+,27+,28+,29-,31-,32-,34-,35+,41+,42-;23-,24-,25+,26+,27+,28-,30-,31-,33-,34+,40+,41-/m11/s1. The number of cyclic esters (lactones) is 2. The van der Waals surface area contributed by atoms with Crippen LogP contribution in [0.2, 0.25) is 0 Å². The molecule has 8 aliphatic rings. The number of carbonyl (C=O) groups excluding carboxylic acids is 6. The van der Waals surface area contributed by atoms with E-state index in [0.717, 1.165) is 24.3 Å². The molecule has 2 amide bonds. The summed E-state index contributed by atoms with van der Waals surface area (Å²) in [6.45, 7) is 49.7. The van der Waals surface area contributed by atoms with Gasteiger partial charge in [0, 0.05) is 61.4 Å². The SMILES string of the molecule is C#CCO[C@@]1(C)C[C@@H](C)C2=NC(C)(C)C(C)(C)N3C(=O)O[C@](C)([C@@H](CC)OC(=O)C(C)(C)C(=O)[C@H](C)[C@H]1O[C@@H]1O[C@H](C)C[C@H](N(C)C)[C@H]1OC)[C@H]3[C@H]2C.CC[C@H]1OC(=O)C(C)(C)C(=O)[C@H](C)[C@@H](O[C@@H]2O[C@H](C)C[C@H](N(C)C)[C@H]2OC)[C@@](C)(OCC#CCBr)C[C@@H](C)C2=NC(C)(C)C(C)(C)N3C(=O)O[C@@]1(C)[C@H]3[C@H]2C. The van der Waals surface area contributed by atoms with E-state index in [1.54, 1.807) is 60.7 Å². The molecule has 0 aromatic rings. The molecule has 0 aromatic carbocycles. The normalized spacial score (nSPS) is 40.9. The predicted octanol–water partition coefficient (Wildman–Crippen LogP) is 12.1. The van der Waals surface area contributed by atoms with Crippen molar-refractivity contribution in [2.45, 2.75) is 349 Å². The highest BCUT2D eigenvalue weighted by atomic mass is 79.9. The van der Waals surface area contributed by atoms with Gasteiger partial charge in [-0.2, -0.15) is 0 Å². The number of aliphatic imine (C=N–C) groups is 2. The number of esters is 2. The van der Waals surface area contributed by atoms with Crippen LogP contribution < -0.4 is 0 Å². The molecule has 0 saturated carbocycles. The van der Waals surface area contributed by atoms with Crippen LogP contribution in [-0.4, -0.2) is 258 Å². The molecule has 24 nitrogen and oxygen atoms in total. The molecular formula is C83H135BrN6O18. The summed E-state index contributed by atoms with van der Waals surface area (Å²) in [4.78, 5) is 106. The highest BCUT2D eigenvalue weighted by molar-refractivity contribution is 9.09. The molecule has 8 heterocycles. The van der Waals surface area contributed by atoms with Gasteiger partial charge in [0.15, 0.2) is 35.3 Å².